The van der Waals surface area contributed by atoms with Crippen LogP contribution in [0.25, 0.3) is 0 Å². The van der Waals surface area contributed by atoms with Crippen molar-refractivity contribution in [2.45, 2.75) is 72.3 Å². The second-order valence-corrected chi connectivity index (χ2v) is 7.06. The van der Waals surface area contributed by atoms with E-state index < -0.39 is 17.3 Å². The van der Waals surface area contributed by atoms with Crippen molar-refractivity contribution in [2.75, 3.05) is 0 Å². The lowest BCUT2D eigenvalue weighted by atomic mass is 9.79. The number of carboxylic acids is 1. The average molecular weight is 283 g/mol. The number of hydrogen-bond donors (Lipinski definition) is 2. The van der Waals surface area contributed by atoms with Crippen molar-refractivity contribution in [1.29, 1.82) is 0 Å². The Morgan fingerprint density at radius 3 is 2.15 bits per heavy atom. The highest BCUT2D eigenvalue weighted by Gasteiger charge is 2.39. The number of carbonyl (C=O) groups is 2. The molecule has 0 radical (unpaired) electrons. The second kappa shape index (κ2) is 7.09. The Balaban J connectivity index is 2.72. The van der Waals surface area contributed by atoms with E-state index in [1.54, 1.807) is 20.8 Å². The van der Waals surface area contributed by atoms with Gasteiger partial charge < -0.3 is 10.4 Å². The van der Waals surface area contributed by atoms with Crippen LogP contribution < -0.4 is 5.32 Å². The van der Waals surface area contributed by atoms with Gasteiger partial charge >= 0.3 is 5.97 Å². The summed E-state index contributed by atoms with van der Waals surface area (Å²) in [5.74, 6) is -1.84. The highest BCUT2D eigenvalue weighted by molar-refractivity contribution is 5.97. The molecule has 2 N–H and O–H groups in total. The molecule has 2 unspecified atom stereocenters. The fraction of sp³-hybridized carbons (Fsp3) is 0.875. The fourth-order valence-corrected chi connectivity index (χ4v) is 3.23. The number of carbonyl (C=O) groups excluding carboxylic acids is 1. The number of aliphatic carboxylic acids is 1. The van der Waals surface area contributed by atoms with E-state index in [9.17, 15) is 14.7 Å². The van der Waals surface area contributed by atoms with Crippen LogP contribution in [0.2, 0.25) is 0 Å². The summed E-state index contributed by atoms with van der Waals surface area (Å²) < 4.78 is 0. The third-order valence-corrected chi connectivity index (χ3v) is 4.36. The fourth-order valence-electron chi connectivity index (χ4n) is 3.23. The molecule has 4 heteroatoms. The summed E-state index contributed by atoms with van der Waals surface area (Å²) in [4.78, 5) is 23.7. The molecule has 1 rings (SSSR count). The van der Waals surface area contributed by atoms with Crippen LogP contribution in [0.1, 0.15) is 66.2 Å². The number of nitrogens with one attached hydrogen (secondary N) is 1. The molecule has 0 bridgehead atoms. The maximum atomic E-state index is 12.4. The van der Waals surface area contributed by atoms with E-state index in [2.05, 4.69) is 12.2 Å². The molecule has 0 aromatic rings. The van der Waals surface area contributed by atoms with E-state index >= 15 is 0 Å². The lowest BCUT2D eigenvalue weighted by Crippen LogP contribution is -2.48. The molecule has 1 saturated carbocycles. The van der Waals surface area contributed by atoms with Crippen molar-refractivity contribution < 1.29 is 14.7 Å². The van der Waals surface area contributed by atoms with Crippen molar-refractivity contribution >= 4 is 11.9 Å². The first-order valence-corrected chi connectivity index (χ1v) is 7.80. The van der Waals surface area contributed by atoms with E-state index in [1.807, 2.05) is 0 Å². The molecule has 2 atom stereocenters. The maximum Gasteiger partial charge on any atom is 0.316 e. The molecule has 4 nitrogen and oxygen atoms in total. The summed E-state index contributed by atoms with van der Waals surface area (Å²) in [5, 5.41) is 12.3. The molecule has 20 heavy (non-hydrogen) atoms. The Bertz CT molecular complexity index is 340. The van der Waals surface area contributed by atoms with Gasteiger partial charge in [-0.25, -0.2) is 0 Å². The molecule has 0 aromatic heterocycles. The predicted molar refractivity (Wildman–Crippen MR) is 79.4 cm³/mol. The molecule has 0 spiro atoms. The van der Waals surface area contributed by atoms with Crippen molar-refractivity contribution in [2.24, 2.45) is 17.3 Å². The molecule has 0 saturated heterocycles. The topological polar surface area (TPSA) is 66.4 Å². The Morgan fingerprint density at radius 2 is 1.75 bits per heavy atom. The summed E-state index contributed by atoms with van der Waals surface area (Å²) in [6.45, 7) is 7.46. The van der Waals surface area contributed by atoms with Gasteiger partial charge in [0.1, 0.15) is 5.92 Å². The Labute approximate surface area is 122 Å². The minimum absolute atomic E-state index is 0.118. The summed E-state index contributed by atoms with van der Waals surface area (Å²) in [6, 6.07) is 0.118. The third-order valence-electron chi connectivity index (χ3n) is 4.36. The van der Waals surface area contributed by atoms with Crippen LogP contribution in [0, 0.1) is 17.3 Å². The van der Waals surface area contributed by atoms with E-state index in [1.165, 1.54) is 19.3 Å². The van der Waals surface area contributed by atoms with Crippen molar-refractivity contribution in [3.05, 3.63) is 0 Å². The molecule has 1 amide bonds. The lowest BCUT2D eigenvalue weighted by Gasteiger charge is -2.33. The zero-order chi connectivity index (χ0) is 15.3. The average Bonchev–Trinajstić information content (AvgIpc) is 2.34. The van der Waals surface area contributed by atoms with E-state index in [0.29, 0.717) is 5.92 Å². The minimum atomic E-state index is -1.03. The molecule has 0 heterocycles. The van der Waals surface area contributed by atoms with Gasteiger partial charge in [-0.1, -0.05) is 47.0 Å². The highest BCUT2D eigenvalue weighted by atomic mass is 16.4. The summed E-state index contributed by atoms with van der Waals surface area (Å²) in [6.07, 6.45) is 6.88. The molecule has 0 aliphatic heterocycles. The highest BCUT2D eigenvalue weighted by Crippen LogP contribution is 2.30. The smallest absolute Gasteiger partial charge is 0.316 e. The molecule has 0 aromatic carbocycles. The van der Waals surface area contributed by atoms with E-state index in [-0.39, 0.29) is 11.9 Å². The summed E-state index contributed by atoms with van der Waals surface area (Å²) >= 11 is 0. The third kappa shape index (κ3) is 4.50. The Hall–Kier alpha value is -1.06. The number of carboxylic acid groups (broad SMARTS) is 1. The van der Waals surface area contributed by atoms with Gasteiger partial charge in [-0.2, -0.15) is 0 Å². The zero-order valence-corrected chi connectivity index (χ0v) is 13.2. The van der Waals surface area contributed by atoms with Gasteiger partial charge in [-0.05, 0) is 30.6 Å². The van der Waals surface area contributed by atoms with Crippen LogP contribution >= 0.6 is 0 Å². The predicted octanol–water partition coefficient (Wildman–Crippen LogP) is 3.21. The second-order valence-electron chi connectivity index (χ2n) is 7.06. The molecular weight excluding hydrogens is 254 g/mol. The van der Waals surface area contributed by atoms with Crippen molar-refractivity contribution in [3.8, 4) is 0 Å². The van der Waals surface area contributed by atoms with Crippen LogP contribution in [0.4, 0.5) is 0 Å². The van der Waals surface area contributed by atoms with Gasteiger partial charge in [0.2, 0.25) is 5.91 Å². The maximum absolute atomic E-state index is 12.4. The standard InChI is InChI=1S/C16H29NO3/c1-5-12(11-9-7-6-8-10-11)17-14(18)13(15(19)20)16(2,3)4/h11-13H,5-10H2,1-4H3,(H,17,18)(H,19,20). The summed E-state index contributed by atoms with van der Waals surface area (Å²) in [5.41, 5.74) is -0.569. The van der Waals surface area contributed by atoms with Crippen molar-refractivity contribution in [1.82, 2.24) is 5.32 Å². The van der Waals surface area contributed by atoms with Gasteiger partial charge in [-0.15, -0.1) is 0 Å². The van der Waals surface area contributed by atoms with Crippen LogP contribution in [-0.2, 0) is 9.59 Å². The molecule has 1 fully saturated rings. The monoisotopic (exact) mass is 283 g/mol. The largest absolute Gasteiger partial charge is 0.481 e. The van der Waals surface area contributed by atoms with Gasteiger partial charge in [-0.3, -0.25) is 9.59 Å². The normalized spacial score (nSPS) is 20.2. The Kier molecular flexibility index (Phi) is 6.03. The first-order valence-electron chi connectivity index (χ1n) is 7.80. The molecule has 1 aliphatic rings. The van der Waals surface area contributed by atoms with Gasteiger partial charge in [0.15, 0.2) is 0 Å². The van der Waals surface area contributed by atoms with Gasteiger partial charge in [0.25, 0.3) is 0 Å². The zero-order valence-electron chi connectivity index (χ0n) is 13.2. The van der Waals surface area contributed by atoms with E-state index in [4.69, 9.17) is 0 Å². The number of rotatable bonds is 5. The number of hydrogen-bond acceptors (Lipinski definition) is 2. The minimum Gasteiger partial charge on any atom is -0.481 e. The van der Waals surface area contributed by atoms with Crippen LogP contribution in [0.3, 0.4) is 0 Å². The molecule has 116 valence electrons. The van der Waals surface area contributed by atoms with Crippen LogP contribution in [0.15, 0.2) is 0 Å². The van der Waals surface area contributed by atoms with Crippen molar-refractivity contribution in [3.63, 3.8) is 0 Å². The first-order chi connectivity index (χ1) is 9.27. The van der Waals surface area contributed by atoms with Gasteiger partial charge in [0, 0.05) is 6.04 Å². The summed E-state index contributed by atoms with van der Waals surface area (Å²) in [7, 11) is 0. The first kappa shape index (κ1) is 17.0. The quantitative estimate of drug-likeness (QED) is 0.761. The number of amides is 1. The van der Waals surface area contributed by atoms with Gasteiger partial charge in [0.05, 0.1) is 0 Å². The van der Waals surface area contributed by atoms with E-state index in [0.717, 1.165) is 19.3 Å². The molecular formula is C16H29NO3. The Morgan fingerprint density at radius 1 is 1.20 bits per heavy atom. The lowest BCUT2D eigenvalue weighted by molar-refractivity contribution is -0.152. The SMILES string of the molecule is CCC(NC(=O)C(C(=O)O)C(C)(C)C)C1CCCCC1. The molecule has 1 aliphatic carbocycles. The van der Waals surface area contributed by atoms with Crippen LogP contribution in [-0.4, -0.2) is 23.0 Å². The van der Waals surface area contributed by atoms with Crippen LogP contribution in [0.5, 0.6) is 0 Å².